The van der Waals surface area contributed by atoms with Crippen molar-refractivity contribution in [1.29, 1.82) is 0 Å². The van der Waals surface area contributed by atoms with Crippen molar-refractivity contribution < 1.29 is 4.39 Å². The van der Waals surface area contributed by atoms with Gasteiger partial charge in [-0.2, -0.15) is 4.39 Å². The second-order valence-electron chi connectivity index (χ2n) is 3.09. The second kappa shape index (κ2) is 4.65. The summed E-state index contributed by atoms with van der Waals surface area (Å²) >= 11 is 1.94. The van der Waals surface area contributed by atoms with Crippen molar-refractivity contribution in [3.8, 4) is 0 Å². The molecule has 0 saturated heterocycles. The molecule has 76 valence electrons. The first-order valence-corrected chi connectivity index (χ1v) is 5.54. The van der Waals surface area contributed by atoms with Gasteiger partial charge in [0.15, 0.2) is 0 Å². The van der Waals surface area contributed by atoms with Gasteiger partial charge < -0.3 is 0 Å². The van der Waals surface area contributed by atoms with Crippen LogP contribution in [0.4, 0.5) is 4.39 Å². The number of benzene rings is 1. The van der Waals surface area contributed by atoms with Gasteiger partial charge in [0, 0.05) is 6.42 Å². The van der Waals surface area contributed by atoms with Crippen LogP contribution in [0.5, 0.6) is 0 Å². The van der Waals surface area contributed by atoms with Gasteiger partial charge >= 0.3 is 0 Å². The van der Waals surface area contributed by atoms with Crippen LogP contribution in [-0.2, 0) is 6.42 Å². The van der Waals surface area contributed by atoms with Crippen LogP contribution in [-0.4, -0.2) is 9.97 Å². The van der Waals surface area contributed by atoms with Crippen molar-refractivity contribution in [1.82, 2.24) is 9.97 Å². The molecule has 15 heavy (non-hydrogen) atoms. The standard InChI is InChI=1S/C11H8FIN2/c12-11-9(14-7-10(13)15-11)6-8-4-2-1-3-5-8/h1-5,7H,6H2. The Morgan fingerprint density at radius 2 is 1.93 bits per heavy atom. The van der Waals surface area contributed by atoms with Crippen LogP contribution < -0.4 is 0 Å². The van der Waals surface area contributed by atoms with Crippen molar-refractivity contribution in [2.24, 2.45) is 0 Å². The summed E-state index contributed by atoms with van der Waals surface area (Å²) in [6, 6.07) is 9.67. The molecule has 0 fully saturated rings. The van der Waals surface area contributed by atoms with E-state index in [0.717, 1.165) is 5.56 Å². The van der Waals surface area contributed by atoms with E-state index in [9.17, 15) is 4.39 Å². The molecule has 0 radical (unpaired) electrons. The Hall–Kier alpha value is -1.04. The summed E-state index contributed by atoms with van der Waals surface area (Å²) in [5.41, 5.74) is 1.42. The molecule has 2 rings (SSSR count). The van der Waals surface area contributed by atoms with E-state index >= 15 is 0 Å². The van der Waals surface area contributed by atoms with E-state index in [2.05, 4.69) is 9.97 Å². The van der Waals surface area contributed by atoms with Gasteiger partial charge in [0.05, 0.1) is 11.9 Å². The van der Waals surface area contributed by atoms with E-state index < -0.39 is 5.95 Å². The van der Waals surface area contributed by atoms with Gasteiger partial charge in [0.25, 0.3) is 0 Å². The second-order valence-corrected chi connectivity index (χ2v) is 4.20. The summed E-state index contributed by atoms with van der Waals surface area (Å²) < 4.78 is 13.9. The van der Waals surface area contributed by atoms with Gasteiger partial charge in [-0.15, -0.1) is 0 Å². The van der Waals surface area contributed by atoms with Gasteiger partial charge in [0.1, 0.15) is 3.70 Å². The Balaban J connectivity index is 2.25. The normalized spacial score (nSPS) is 10.3. The third-order valence-corrected chi connectivity index (χ3v) is 2.50. The summed E-state index contributed by atoms with van der Waals surface area (Å²) in [6.07, 6.45) is 2.05. The van der Waals surface area contributed by atoms with Crippen molar-refractivity contribution in [2.75, 3.05) is 0 Å². The summed E-state index contributed by atoms with van der Waals surface area (Å²) in [5, 5.41) is 0. The highest BCUT2D eigenvalue weighted by molar-refractivity contribution is 14.1. The third-order valence-electron chi connectivity index (χ3n) is 1.98. The minimum absolute atomic E-state index is 0.390. The highest BCUT2D eigenvalue weighted by Crippen LogP contribution is 2.10. The first-order chi connectivity index (χ1) is 7.25. The molecule has 0 unspecified atom stereocenters. The quantitative estimate of drug-likeness (QED) is 0.797. The number of nitrogens with zero attached hydrogens (tertiary/aromatic N) is 2. The Morgan fingerprint density at radius 3 is 2.60 bits per heavy atom. The number of hydrogen-bond acceptors (Lipinski definition) is 2. The minimum Gasteiger partial charge on any atom is -0.253 e. The Bertz CT molecular complexity index is 459. The van der Waals surface area contributed by atoms with E-state index in [1.165, 1.54) is 0 Å². The largest absolute Gasteiger partial charge is 0.253 e. The molecule has 0 aliphatic rings. The molecule has 2 aromatic rings. The van der Waals surface area contributed by atoms with E-state index in [-0.39, 0.29) is 0 Å². The van der Waals surface area contributed by atoms with Crippen LogP contribution in [0, 0.1) is 9.65 Å². The fraction of sp³-hybridized carbons (Fsp3) is 0.0909. The van der Waals surface area contributed by atoms with Crippen LogP contribution in [0.3, 0.4) is 0 Å². The molecule has 0 amide bonds. The zero-order valence-electron chi connectivity index (χ0n) is 7.82. The fourth-order valence-corrected chi connectivity index (χ4v) is 1.63. The molecular weight excluding hydrogens is 306 g/mol. The molecule has 1 aromatic carbocycles. The van der Waals surface area contributed by atoms with Crippen LogP contribution in [0.25, 0.3) is 0 Å². The van der Waals surface area contributed by atoms with Gasteiger partial charge in [0.2, 0.25) is 5.95 Å². The van der Waals surface area contributed by atoms with E-state index in [1.807, 2.05) is 52.9 Å². The number of aromatic nitrogens is 2. The van der Waals surface area contributed by atoms with E-state index in [0.29, 0.717) is 15.8 Å². The van der Waals surface area contributed by atoms with Crippen molar-refractivity contribution in [3.05, 3.63) is 57.4 Å². The summed E-state index contributed by atoms with van der Waals surface area (Å²) in [5.74, 6) is -0.481. The predicted octanol–water partition coefficient (Wildman–Crippen LogP) is 2.81. The Kier molecular flexibility index (Phi) is 3.25. The molecule has 0 atom stereocenters. The highest BCUT2D eigenvalue weighted by atomic mass is 127. The fourth-order valence-electron chi connectivity index (χ4n) is 1.28. The average molecular weight is 314 g/mol. The van der Waals surface area contributed by atoms with Gasteiger partial charge in [-0.25, -0.2) is 4.98 Å². The highest BCUT2D eigenvalue weighted by Gasteiger charge is 2.06. The Morgan fingerprint density at radius 1 is 1.20 bits per heavy atom. The third kappa shape index (κ3) is 2.71. The minimum atomic E-state index is -0.481. The molecule has 4 heteroatoms. The van der Waals surface area contributed by atoms with Crippen molar-refractivity contribution in [2.45, 2.75) is 6.42 Å². The lowest BCUT2D eigenvalue weighted by molar-refractivity contribution is 0.556. The zero-order valence-corrected chi connectivity index (χ0v) is 9.98. The smallest absolute Gasteiger partial charge is 0.235 e. The summed E-state index contributed by atoms with van der Waals surface area (Å²) in [4.78, 5) is 7.76. The predicted molar refractivity (Wildman–Crippen MR) is 64.0 cm³/mol. The van der Waals surface area contributed by atoms with Crippen LogP contribution in [0.15, 0.2) is 36.5 Å². The first-order valence-electron chi connectivity index (χ1n) is 4.46. The van der Waals surface area contributed by atoms with E-state index in [4.69, 9.17) is 0 Å². The lowest BCUT2D eigenvalue weighted by Crippen LogP contribution is -2.00. The average Bonchev–Trinajstić information content (AvgIpc) is 2.24. The van der Waals surface area contributed by atoms with Crippen LogP contribution in [0.2, 0.25) is 0 Å². The molecule has 2 nitrogen and oxygen atoms in total. The van der Waals surface area contributed by atoms with Gasteiger partial charge in [-0.1, -0.05) is 30.3 Å². The van der Waals surface area contributed by atoms with Gasteiger partial charge in [-0.3, -0.25) is 4.98 Å². The SMILES string of the molecule is Fc1nc(I)cnc1Cc1ccccc1. The molecular formula is C11H8FIN2. The molecule has 0 aliphatic heterocycles. The molecule has 0 bridgehead atoms. The summed E-state index contributed by atoms with van der Waals surface area (Å²) in [6.45, 7) is 0. The number of halogens is 2. The topological polar surface area (TPSA) is 25.8 Å². The maximum atomic E-state index is 13.4. The maximum absolute atomic E-state index is 13.4. The molecule has 1 aromatic heterocycles. The lowest BCUT2D eigenvalue weighted by atomic mass is 10.1. The molecule has 0 N–H and O–H groups in total. The molecule has 0 aliphatic carbocycles. The van der Waals surface area contributed by atoms with Crippen molar-refractivity contribution >= 4 is 22.6 Å². The molecule has 0 saturated carbocycles. The zero-order chi connectivity index (χ0) is 10.7. The lowest BCUT2D eigenvalue weighted by Gasteiger charge is -2.01. The number of hydrogen-bond donors (Lipinski definition) is 0. The molecule has 0 spiro atoms. The van der Waals surface area contributed by atoms with Crippen LogP contribution in [0.1, 0.15) is 11.3 Å². The maximum Gasteiger partial charge on any atom is 0.235 e. The Labute approximate surface area is 101 Å². The van der Waals surface area contributed by atoms with Crippen molar-refractivity contribution in [3.63, 3.8) is 0 Å². The molecule has 1 heterocycles. The number of rotatable bonds is 2. The van der Waals surface area contributed by atoms with E-state index in [1.54, 1.807) is 6.20 Å². The monoisotopic (exact) mass is 314 g/mol. The van der Waals surface area contributed by atoms with Crippen LogP contribution >= 0.6 is 22.6 Å². The van der Waals surface area contributed by atoms with Gasteiger partial charge in [-0.05, 0) is 28.2 Å². The first kappa shape index (κ1) is 10.5. The summed E-state index contributed by atoms with van der Waals surface area (Å²) in [7, 11) is 0.